The molecule has 1 aliphatic heterocycles. The summed E-state index contributed by atoms with van der Waals surface area (Å²) in [6.07, 6.45) is 2.76. The summed E-state index contributed by atoms with van der Waals surface area (Å²) >= 11 is 0. The number of nitrogens with zero attached hydrogens (tertiary/aromatic N) is 2. The molecule has 0 spiro atoms. The Morgan fingerprint density at radius 1 is 1.56 bits per heavy atom. The van der Waals surface area contributed by atoms with Crippen molar-refractivity contribution in [2.24, 2.45) is 11.7 Å². The van der Waals surface area contributed by atoms with Crippen LogP contribution in [0.4, 0.5) is 5.82 Å². The number of pyridine rings is 1. The van der Waals surface area contributed by atoms with Crippen molar-refractivity contribution in [3.8, 4) is 0 Å². The summed E-state index contributed by atoms with van der Waals surface area (Å²) in [5, 5.41) is 9.55. The second-order valence-corrected chi connectivity index (χ2v) is 4.79. The minimum atomic E-state index is -0.491. The van der Waals surface area contributed by atoms with Crippen LogP contribution in [0.15, 0.2) is 18.3 Å². The van der Waals surface area contributed by atoms with E-state index in [4.69, 9.17) is 5.73 Å². The van der Waals surface area contributed by atoms with Gasteiger partial charge in [0.25, 0.3) is 0 Å². The van der Waals surface area contributed by atoms with Crippen molar-refractivity contribution in [2.75, 3.05) is 18.0 Å². The SMILES string of the molecule is C[C@H](O)c1ccnc(N2CCC(C(N)=O)CC2)c1. The molecule has 98 valence electrons. The number of aromatic nitrogens is 1. The summed E-state index contributed by atoms with van der Waals surface area (Å²) < 4.78 is 0. The van der Waals surface area contributed by atoms with Crippen molar-refractivity contribution in [2.45, 2.75) is 25.9 Å². The molecule has 5 heteroatoms. The van der Waals surface area contributed by atoms with Crippen molar-refractivity contribution in [3.63, 3.8) is 0 Å². The zero-order valence-corrected chi connectivity index (χ0v) is 10.5. The van der Waals surface area contributed by atoms with Crippen LogP contribution < -0.4 is 10.6 Å². The standard InChI is InChI=1S/C13H19N3O2/c1-9(17)11-2-5-15-12(8-11)16-6-3-10(4-7-16)13(14)18/h2,5,8-10,17H,3-4,6-7H2,1H3,(H2,14,18)/t9-/m0/s1. The normalized spacial score (nSPS) is 18.7. The van der Waals surface area contributed by atoms with Crippen molar-refractivity contribution in [3.05, 3.63) is 23.9 Å². The summed E-state index contributed by atoms with van der Waals surface area (Å²) in [7, 11) is 0. The van der Waals surface area contributed by atoms with Crippen LogP contribution in [0.25, 0.3) is 0 Å². The fourth-order valence-electron chi connectivity index (χ4n) is 2.26. The van der Waals surface area contributed by atoms with Gasteiger partial charge in [0.15, 0.2) is 0 Å². The molecule has 0 unspecified atom stereocenters. The summed E-state index contributed by atoms with van der Waals surface area (Å²) in [6.45, 7) is 3.30. The lowest BCUT2D eigenvalue weighted by Gasteiger charge is -2.31. The van der Waals surface area contributed by atoms with Crippen molar-refractivity contribution >= 4 is 11.7 Å². The highest BCUT2D eigenvalue weighted by molar-refractivity contribution is 5.76. The van der Waals surface area contributed by atoms with Crippen molar-refractivity contribution in [1.29, 1.82) is 0 Å². The molecule has 2 heterocycles. The first-order chi connectivity index (χ1) is 8.58. The molecule has 1 amide bonds. The lowest BCUT2D eigenvalue weighted by atomic mass is 9.96. The molecule has 1 aliphatic rings. The number of anilines is 1. The van der Waals surface area contributed by atoms with Gasteiger partial charge in [-0.2, -0.15) is 0 Å². The number of aliphatic hydroxyl groups excluding tert-OH is 1. The molecule has 3 N–H and O–H groups in total. The highest BCUT2D eigenvalue weighted by Gasteiger charge is 2.23. The predicted molar refractivity (Wildman–Crippen MR) is 69.0 cm³/mol. The number of aliphatic hydroxyl groups is 1. The molecule has 5 nitrogen and oxygen atoms in total. The molecular formula is C13H19N3O2. The van der Waals surface area contributed by atoms with Crippen LogP contribution >= 0.6 is 0 Å². The number of hydrogen-bond donors (Lipinski definition) is 2. The molecule has 1 saturated heterocycles. The van der Waals surface area contributed by atoms with E-state index in [1.807, 2.05) is 12.1 Å². The number of carbonyl (C=O) groups is 1. The van der Waals surface area contributed by atoms with E-state index in [9.17, 15) is 9.90 Å². The monoisotopic (exact) mass is 249 g/mol. The van der Waals surface area contributed by atoms with Gasteiger partial charge in [0.05, 0.1) is 6.10 Å². The van der Waals surface area contributed by atoms with E-state index < -0.39 is 6.10 Å². The number of rotatable bonds is 3. The lowest BCUT2D eigenvalue weighted by Crippen LogP contribution is -2.38. The minimum absolute atomic E-state index is 0.0128. The van der Waals surface area contributed by atoms with Crippen LogP contribution in [0.5, 0.6) is 0 Å². The molecule has 1 fully saturated rings. The van der Waals surface area contributed by atoms with E-state index >= 15 is 0 Å². The fourth-order valence-corrected chi connectivity index (χ4v) is 2.26. The van der Waals surface area contributed by atoms with Gasteiger partial charge in [0.1, 0.15) is 5.82 Å². The molecule has 0 aliphatic carbocycles. The van der Waals surface area contributed by atoms with E-state index in [2.05, 4.69) is 9.88 Å². The fraction of sp³-hybridized carbons (Fsp3) is 0.538. The predicted octanol–water partition coefficient (Wildman–Crippen LogP) is 0.837. The van der Waals surface area contributed by atoms with E-state index in [-0.39, 0.29) is 11.8 Å². The van der Waals surface area contributed by atoms with E-state index in [0.29, 0.717) is 0 Å². The lowest BCUT2D eigenvalue weighted by molar-refractivity contribution is -0.122. The highest BCUT2D eigenvalue weighted by Crippen LogP contribution is 2.23. The third-order valence-corrected chi connectivity index (χ3v) is 3.47. The van der Waals surface area contributed by atoms with Crippen molar-refractivity contribution in [1.82, 2.24) is 4.98 Å². The van der Waals surface area contributed by atoms with Gasteiger partial charge in [-0.3, -0.25) is 4.79 Å². The number of hydrogen-bond acceptors (Lipinski definition) is 4. The quantitative estimate of drug-likeness (QED) is 0.831. The average molecular weight is 249 g/mol. The topological polar surface area (TPSA) is 79.5 Å². The third kappa shape index (κ3) is 2.79. The summed E-state index contributed by atoms with van der Waals surface area (Å²) in [5.41, 5.74) is 6.17. The molecule has 1 atom stereocenters. The molecular weight excluding hydrogens is 230 g/mol. The van der Waals surface area contributed by atoms with Gasteiger partial charge in [-0.1, -0.05) is 0 Å². The smallest absolute Gasteiger partial charge is 0.220 e. The Morgan fingerprint density at radius 3 is 2.78 bits per heavy atom. The second kappa shape index (κ2) is 5.35. The first kappa shape index (κ1) is 12.8. The maximum Gasteiger partial charge on any atom is 0.220 e. The minimum Gasteiger partial charge on any atom is -0.389 e. The van der Waals surface area contributed by atoms with Crippen LogP contribution in [0.3, 0.4) is 0 Å². The summed E-state index contributed by atoms with van der Waals surface area (Å²) in [4.78, 5) is 17.5. The number of primary amides is 1. The molecule has 0 bridgehead atoms. The zero-order valence-electron chi connectivity index (χ0n) is 10.5. The number of nitrogens with two attached hydrogens (primary N) is 1. The number of amides is 1. The summed E-state index contributed by atoms with van der Waals surface area (Å²) in [6, 6.07) is 3.71. The third-order valence-electron chi connectivity index (χ3n) is 3.47. The van der Waals surface area contributed by atoms with Gasteiger partial charge >= 0.3 is 0 Å². The molecule has 18 heavy (non-hydrogen) atoms. The maximum atomic E-state index is 11.1. The molecule has 0 radical (unpaired) electrons. The Labute approximate surface area is 107 Å². The molecule has 0 saturated carbocycles. The Kier molecular flexibility index (Phi) is 3.81. The Bertz CT molecular complexity index is 426. The van der Waals surface area contributed by atoms with Crippen LogP contribution in [-0.4, -0.2) is 29.1 Å². The van der Waals surface area contributed by atoms with Gasteiger partial charge < -0.3 is 15.7 Å². The van der Waals surface area contributed by atoms with Gasteiger partial charge in [-0.05, 0) is 37.5 Å². The maximum absolute atomic E-state index is 11.1. The Morgan fingerprint density at radius 2 is 2.22 bits per heavy atom. The largest absolute Gasteiger partial charge is 0.389 e. The van der Waals surface area contributed by atoms with Gasteiger partial charge in [0.2, 0.25) is 5.91 Å². The van der Waals surface area contributed by atoms with Gasteiger partial charge in [-0.25, -0.2) is 4.98 Å². The van der Waals surface area contributed by atoms with E-state index in [1.54, 1.807) is 13.1 Å². The molecule has 0 aromatic carbocycles. The Hall–Kier alpha value is -1.62. The number of carbonyl (C=O) groups excluding carboxylic acids is 1. The average Bonchev–Trinajstić information content (AvgIpc) is 2.39. The van der Waals surface area contributed by atoms with Crippen LogP contribution in [-0.2, 0) is 4.79 Å². The summed E-state index contributed by atoms with van der Waals surface area (Å²) in [5.74, 6) is 0.637. The molecule has 1 aromatic rings. The zero-order chi connectivity index (χ0) is 13.1. The first-order valence-corrected chi connectivity index (χ1v) is 6.26. The van der Waals surface area contributed by atoms with E-state index in [1.165, 1.54) is 0 Å². The van der Waals surface area contributed by atoms with Crippen LogP contribution in [0.2, 0.25) is 0 Å². The van der Waals surface area contributed by atoms with E-state index in [0.717, 1.165) is 37.3 Å². The number of piperidine rings is 1. The molecule has 2 rings (SSSR count). The second-order valence-electron chi connectivity index (χ2n) is 4.79. The van der Waals surface area contributed by atoms with Gasteiger partial charge in [-0.15, -0.1) is 0 Å². The first-order valence-electron chi connectivity index (χ1n) is 6.26. The van der Waals surface area contributed by atoms with Crippen molar-refractivity contribution < 1.29 is 9.90 Å². The van der Waals surface area contributed by atoms with Crippen LogP contribution in [0, 0.1) is 5.92 Å². The highest BCUT2D eigenvalue weighted by atomic mass is 16.3. The Balaban J connectivity index is 2.05. The molecule has 1 aromatic heterocycles. The van der Waals surface area contributed by atoms with Gasteiger partial charge in [0, 0.05) is 25.2 Å². The van der Waals surface area contributed by atoms with Crippen LogP contribution in [0.1, 0.15) is 31.4 Å².